The number of nitrogen functional groups attached to an aromatic ring is 1. The molecule has 182 valence electrons. The fourth-order valence-electron chi connectivity index (χ4n) is 4.93. The van der Waals surface area contributed by atoms with E-state index in [2.05, 4.69) is 30.5 Å². The lowest BCUT2D eigenvalue weighted by atomic mass is 9.92. The average Bonchev–Trinajstić information content (AvgIpc) is 3.61. The Morgan fingerprint density at radius 3 is 2.89 bits per heavy atom. The van der Waals surface area contributed by atoms with Gasteiger partial charge >= 0.3 is 0 Å². The number of rotatable bonds is 4. The summed E-state index contributed by atoms with van der Waals surface area (Å²) in [5.41, 5.74) is 6.76. The van der Waals surface area contributed by atoms with Crippen LogP contribution in [0.4, 0.5) is 14.6 Å². The van der Waals surface area contributed by atoms with Gasteiger partial charge in [0.15, 0.2) is 5.82 Å². The molecule has 2 aliphatic heterocycles. The second kappa shape index (κ2) is 8.48. The Kier molecular flexibility index (Phi) is 4.98. The highest BCUT2D eigenvalue weighted by atomic mass is 35.5. The molecule has 1 fully saturated rings. The van der Waals surface area contributed by atoms with Gasteiger partial charge in [0.1, 0.15) is 18.0 Å². The zero-order valence-corrected chi connectivity index (χ0v) is 19.2. The van der Waals surface area contributed by atoms with E-state index in [1.807, 2.05) is 0 Å². The van der Waals surface area contributed by atoms with Crippen LogP contribution in [0.3, 0.4) is 0 Å². The van der Waals surface area contributed by atoms with E-state index in [0.717, 1.165) is 0 Å². The first-order chi connectivity index (χ1) is 17.8. The molecule has 1 saturated heterocycles. The van der Waals surface area contributed by atoms with E-state index in [9.17, 15) is 9.18 Å². The molecule has 0 bridgehead atoms. The Labute approximate surface area is 209 Å². The third-order valence-electron chi connectivity index (χ3n) is 6.48. The van der Waals surface area contributed by atoms with Crippen molar-refractivity contribution in [2.45, 2.75) is 31.3 Å². The standard InChI is InChI=1S/C23H18ClF2N9O/c24-14-3-5-16(34-10-29-32-33-34)20(21(14)25)11-7-12-1-4-17(35(12)19(36)8-11)23-28-9-15(30-23)13-2-6-18(27)31-22(13)26/h2-3,5-6,8-10,12,17H,1,4,7H2,(H2,27,31)(H,28,30)/t12-,17+/m0/s1/i2D. The summed E-state index contributed by atoms with van der Waals surface area (Å²) in [6.07, 6.45) is 5.77. The van der Waals surface area contributed by atoms with Crippen molar-refractivity contribution in [3.8, 4) is 16.9 Å². The third kappa shape index (κ3) is 3.61. The maximum absolute atomic E-state index is 15.3. The van der Waals surface area contributed by atoms with Crippen molar-refractivity contribution in [1.82, 2.24) is 40.1 Å². The number of aromatic amines is 1. The molecular formula is C23H18ClF2N9O. The monoisotopic (exact) mass is 510 g/mol. The second-order valence-corrected chi connectivity index (χ2v) is 8.96. The first-order valence-corrected chi connectivity index (χ1v) is 11.4. The molecule has 2 atom stereocenters. The number of hydrogen-bond acceptors (Lipinski definition) is 7. The number of nitrogens with one attached hydrogen (secondary N) is 1. The van der Waals surface area contributed by atoms with E-state index in [0.29, 0.717) is 36.3 Å². The Morgan fingerprint density at radius 2 is 2.11 bits per heavy atom. The molecule has 6 rings (SSSR count). The number of H-pyrrole nitrogens is 1. The molecule has 2 aliphatic rings. The van der Waals surface area contributed by atoms with Crippen molar-refractivity contribution in [3.63, 3.8) is 0 Å². The van der Waals surface area contributed by atoms with Crippen molar-refractivity contribution in [2.75, 3.05) is 5.73 Å². The molecule has 5 heterocycles. The maximum atomic E-state index is 15.3. The number of pyridine rings is 1. The van der Waals surface area contributed by atoms with Gasteiger partial charge in [-0.3, -0.25) is 4.79 Å². The molecule has 3 N–H and O–H groups in total. The normalized spacial score (nSPS) is 19.9. The van der Waals surface area contributed by atoms with Crippen LogP contribution in [0, 0.1) is 11.8 Å². The van der Waals surface area contributed by atoms with Crippen LogP contribution in [-0.4, -0.2) is 52.0 Å². The average molecular weight is 511 g/mol. The lowest BCUT2D eigenvalue weighted by molar-refractivity contribution is -0.129. The van der Waals surface area contributed by atoms with Crippen LogP contribution in [0.15, 0.2) is 42.8 Å². The highest BCUT2D eigenvalue weighted by Gasteiger charge is 2.42. The number of aromatic nitrogens is 7. The summed E-state index contributed by atoms with van der Waals surface area (Å²) < 4.78 is 39.1. The first kappa shape index (κ1) is 21.1. The molecule has 1 aromatic carbocycles. The van der Waals surface area contributed by atoms with Crippen LogP contribution >= 0.6 is 11.6 Å². The van der Waals surface area contributed by atoms with Gasteiger partial charge in [-0.05, 0) is 59.5 Å². The van der Waals surface area contributed by atoms with Crippen LogP contribution in [0.5, 0.6) is 0 Å². The zero-order chi connectivity index (χ0) is 25.8. The summed E-state index contributed by atoms with van der Waals surface area (Å²) in [4.78, 5) is 26.1. The fraction of sp³-hybridized carbons (Fsp3) is 0.217. The molecule has 0 aliphatic carbocycles. The number of imidazole rings is 1. The second-order valence-electron chi connectivity index (χ2n) is 8.55. The minimum absolute atomic E-state index is 0.0544. The van der Waals surface area contributed by atoms with Gasteiger partial charge in [-0.1, -0.05) is 11.6 Å². The molecule has 4 aromatic rings. The molecule has 0 unspecified atom stereocenters. The Balaban J connectivity index is 1.34. The molecule has 13 heteroatoms. The molecule has 0 saturated carbocycles. The Bertz CT molecular complexity index is 1550. The van der Waals surface area contributed by atoms with Gasteiger partial charge in [0.25, 0.3) is 0 Å². The van der Waals surface area contributed by atoms with E-state index >= 15 is 4.39 Å². The van der Waals surface area contributed by atoms with Crippen molar-refractivity contribution < 1.29 is 14.9 Å². The van der Waals surface area contributed by atoms with Gasteiger partial charge in [-0.25, -0.2) is 14.4 Å². The lowest BCUT2D eigenvalue weighted by Crippen LogP contribution is -2.39. The molecule has 3 aromatic heterocycles. The molecule has 36 heavy (non-hydrogen) atoms. The van der Waals surface area contributed by atoms with E-state index < -0.39 is 17.8 Å². The highest BCUT2D eigenvalue weighted by molar-refractivity contribution is 6.31. The van der Waals surface area contributed by atoms with Crippen LogP contribution in [0.25, 0.3) is 22.5 Å². The predicted octanol–water partition coefficient (Wildman–Crippen LogP) is 3.48. The predicted molar refractivity (Wildman–Crippen MR) is 126 cm³/mol. The van der Waals surface area contributed by atoms with Crippen molar-refractivity contribution in [2.24, 2.45) is 0 Å². The number of halogens is 3. The Hall–Kier alpha value is -4.19. The number of nitrogens with two attached hydrogens (primary N) is 1. The summed E-state index contributed by atoms with van der Waals surface area (Å²) in [6.45, 7) is 0. The van der Waals surface area contributed by atoms with Gasteiger partial charge in [0.05, 0.1) is 35.6 Å². The number of amides is 1. The smallest absolute Gasteiger partial charge is 0.247 e. The number of carbonyl (C=O) groups excluding carboxylic acids is 1. The summed E-state index contributed by atoms with van der Waals surface area (Å²) in [6, 6.07) is 3.52. The SMILES string of the molecule is [2H]c1cc(N)nc(F)c1-c1cnc([C@H]2CC[C@H]3CC(c4c(-n5cnnn5)ccc(Cl)c4F)=CC(=O)N32)[nH]1. The molecule has 0 spiro atoms. The Morgan fingerprint density at radius 1 is 1.25 bits per heavy atom. The molecule has 10 nitrogen and oxygen atoms in total. The van der Waals surface area contributed by atoms with E-state index in [4.69, 9.17) is 18.7 Å². The van der Waals surface area contributed by atoms with E-state index in [1.54, 1.807) is 11.0 Å². The van der Waals surface area contributed by atoms with Crippen LogP contribution in [0.1, 0.15) is 38.1 Å². The minimum atomic E-state index is -0.881. The molecular weight excluding hydrogens is 492 g/mol. The largest absolute Gasteiger partial charge is 0.384 e. The molecule has 0 radical (unpaired) electrons. The topological polar surface area (TPSA) is 132 Å². The number of tetrazole rings is 1. The van der Waals surface area contributed by atoms with E-state index in [1.165, 1.54) is 35.4 Å². The zero-order valence-electron chi connectivity index (χ0n) is 19.5. The lowest BCUT2D eigenvalue weighted by Gasteiger charge is -2.33. The number of nitrogens with zero attached hydrogens (tertiary/aromatic N) is 7. The van der Waals surface area contributed by atoms with Crippen molar-refractivity contribution in [1.29, 1.82) is 0 Å². The van der Waals surface area contributed by atoms with Crippen molar-refractivity contribution in [3.05, 3.63) is 71.0 Å². The quantitative estimate of drug-likeness (QED) is 0.402. The number of carbonyl (C=O) groups is 1. The van der Waals surface area contributed by atoms with E-state index in [-0.39, 0.29) is 45.7 Å². The highest BCUT2D eigenvalue weighted by Crippen LogP contribution is 2.44. The van der Waals surface area contributed by atoms with Gasteiger partial charge < -0.3 is 15.6 Å². The number of hydrogen-bond donors (Lipinski definition) is 2. The van der Waals surface area contributed by atoms with Crippen LogP contribution < -0.4 is 5.73 Å². The summed E-state index contributed by atoms with van der Waals surface area (Å²) >= 11 is 6.08. The fourth-order valence-corrected chi connectivity index (χ4v) is 5.09. The van der Waals surface area contributed by atoms with Gasteiger partial charge in [-0.2, -0.15) is 9.07 Å². The summed E-state index contributed by atoms with van der Waals surface area (Å²) in [5.74, 6) is -1.48. The maximum Gasteiger partial charge on any atom is 0.247 e. The molecule has 1 amide bonds. The summed E-state index contributed by atoms with van der Waals surface area (Å²) in [5, 5.41) is 11.0. The van der Waals surface area contributed by atoms with Gasteiger partial charge in [0, 0.05) is 17.7 Å². The first-order valence-electron chi connectivity index (χ1n) is 11.5. The minimum Gasteiger partial charge on any atom is -0.384 e. The number of fused-ring (bicyclic) bond motifs is 1. The number of anilines is 1. The van der Waals surface area contributed by atoms with Crippen LogP contribution in [0.2, 0.25) is 5.02 Å². The number of benzene rings is 1. The van der Waals surface area contributed by atoms with Gasteiger partial charge in [-0.15, -0.1) is 5.10 Å². The van der Waals surface area contributed by atoms with Crippen molar-refractivity contribution >= 4 is 28.9 Å². The summed E-state index contributed by atoms with van der Waals surface area (Å²) in [7, 11) is 0. The third-order valence-corrected chi connectivity index (χ3v) is 6.77. The van der Waals surface area contributed by atoms with Crippen LogP contribution in [-0.2, 0) is 4.79 Å². The van der Waals surface area contributed by atoms with Gasteiger partial charge in [0.2, 0.25) is 11.9 Å².